The van der Waals surface area contributed by atoms with E-state index >= 15 is 0 Å². The molecule has 3 aromatic carbocycles. The zero-order valence-corrected chi connectivity index (χ0v) is 22.4. The number of hydrogen-bond acceptors (Lipinski definition) is 4. The Hall–Kier alpha value is -4.38. The van der Waals surface area contributed by atoms with Crippen LogP contribution in [-0.2, 0) is 22.2 Å². The summed E-state index contributed by atoms with van der Waals surface area (Å²) < 4.78 is 47.8. The number of ether oxygens (including phenoxy) is 1. The number of amides is 1. The first kappa shape index (κ1) is 31.2. The second kappa shape index (κ2) is 12.4. The van der Waals surface area contributed by atoms with Gasteiger partial charge >= 0.3 is 12.1 Å². The minimum Gasteiger partial charge on any atom is -0.491 e. The van der Waals surface area contributed by atoms with Crippen LogP contribution in [0.25, 0.3) is 11.1 Å². The lowest BCUT2D eigenvalue weighted by Crippen LogP contribution is -2.41. The molecule has 1 amide bonds. The first-order valence-electron chi connectivity index (χ1n) is 12.8. The summed E-state index contributed by atoms with van der Waals surface area (Å²) in [6.45, 7) is 1.32. The van der Waals surface area contributed by atoms with Crippen molar-refractivity contribution in [2.75, 3.05) is 13.2 Å². The van der Waals surface area contributed by atoms with E-state index in [0.29, 0.717) is 29.5 Å². The molecule has 1 saturated heterocycles. The summed E-state index contributed by atoms with van der Waals surface area (Å²) in [6.07, 6.45) is -3.57. The van der Waals surface area contributed by atoms with Gasteiger partial charge in [0, 0.05) is 12.1 Å². The van der Waals surface area contributed by atoms with Gasteiger partial charge in [-0.15, -0.1) is 0 Å². The van der Waals surface area contributed by atoms with E-state index in [4.69, 9.17) is 15.9 Å². The largest absolute Gasteiger partial charge is 0.491 e. The monoisotopic (exact) mass is 571 g/mol. The number of nitrogens with two attached hydrogens (primary N) is 1. The first-order valence-corrected chi connectivity index (χ1v) is 12.8. The number of aryl methyl sites for hydroxylation is 1. The number of rotatable bonds is 10. The van der Waals surface area contributed by atoms with E-state index in [0.717, 1.165) is 11.6 Å². The second-order valence-corrected chi connectivity index (χ2v) is 10.1. The van der Waals surface area contributed by atoms with E-state index in [1.807, 2.05) is 30.3 Å². The van der Waals surface area contributed by atoms with Crippen LogP contribution in [0.4, 0.5) is 13.2 Å². The molecule has 2 atom stereocenters. The van der Waals surface area contributed by atoms with E-state index in [9.17, 15) is 27.9 Å². The number of alkyl halides is 3. The molecule has 0 aromatic heterocycles. The number of hydrogen-bond donors (Lipinski definition) is 3. The first-order chi connectivity index (χ1) is 18.9. The summed E-state index contributed by atoms with van der Waals surface area (Å²) in [5.74, 6) is -2.40. The summed E-state index contributed by atoms with van der Waals surface area (Å²) in [6, 6.07) is 18.9. The highest BCUT2D eigenvalue weighted by Crippen LogP contribution is 2.41. The summed E-state index contributed by atoms with van der Waals surface area (Å²) in [4.78, 5) is 26.5. The van der Waals surface area contributed by atoms with Crippen molar-refractivity contribution < 1.29 is 38.1 Å². The van der Waals surface area contributed by atoms with Gasteiger partial charge in [-0.3, -0.25) is 15.0 Å². The van der Waals surface area contributed by atoms with Crippen LogP contribution in [0, 0.1) is 10.8 Å². The Morgan fingerprint density at radius 2 is 1.73 bits per heavy atom. The number of halogens is 3. The van der Waals surface area contributed by atoms with Gasteiger partial charge in [0.25, 0.3) is 0 Å². The normalized spacial score (nSPS) is 18.6. The van der Waals surface area contributed by atoms with Crippen molar-refractivity contribution in [1.29, 1.82) is 5.41 Å². The Kier molecular flexibility index (Phi) is 9.44. The van der Waals surface area contributed by atoms with E-state index in [1.165, 1.54) is 24.0 Å². The minimum absolute atomic E-state index is 0. The predicted octanol–water partition coefficient (Wildman–Crippen LogP) is 4.54. The summed E-state index contributed by atoms with van der Waals surface area (Å²) in [5, 5.41) is 17.2. The van der Waals surface area contributed by atoms with Gasteiger partial charge in [0.1, 0.15) is 23.6 Å². The fourth-order valence-electron chi connectivity index (χ4n) is 4.95. The maximum Gasteiger partial charge on any atom is 0.419 e. The van der Waals surface area contributed by atoms with Crippen molar-refractivity contribution in [1.82, 2.24) is 4.90 Å². The van der Waals surface area contributed by atoms with E-state index in [2.05, 4.69) is 0 Å². The third kappa shape index (κ3) is 6.86. The van der Waals surface area contributed by atoms with Gasteiger partial charge < -0.3 is 26.0 Å². The number of amidine groups is 1. The van der Waals surface area contributed by atoms with Crippen LogP contribution < -0.4 is 10.5 Å². The zero-order valence-electron chi connectivity index (χ0n) is 22.4. The van der Waals surface area contributed by atoms with E-state index in [1.54, 1.807) is 24.3 Å². The molecular weight excluding hydrogens is 539 g/mol. The zero-order chi connectivity index (χ0) is 29.1. The topological polar surface area (TPSA) is 148 Å². The Morgan fingerprint density at radius 3 is 2.32 bits per heavy atom. The molecule has 0 unspecified atom stereocenters. The van der Waals surface area contributed by atoms with Crippen LogP contribution in [0.3, 0.4) is 0 Å². The lowest BCUT2D eigenvalue weighted by molar-refractivity contribution is -0.155. The molecule has 41 heavy (non-hydrogen) atoms. The summed E-state index contributed by atoms with van der Waals surface area (Å²) >= 11 is 0. The van der Waals surface area contributed by atoms with E-state index in [-0.39, 0.29) is 30.9 Å². The number of nitrogens with one attached hydrogen (secondary N) is 1. The standard InChI is InChI=1S/C30H30F3N3O4.H2O/c1-29(28(38)39)17-23(36(27(29)37)15-5-8-19-6-3-2-4-7-19)18-40-25-14-13-22(16-24(25)30(31,32)33)20-9-11-21(12-10-20)26(34)35;/h2-4,6-7,9-14,16,23H,5,8,15,17-18H2,1H3,(H3,34,35)(H,38,39);1H2/t23-,29-;/m0./s1. The molecule has 218 valence electrons. The highest BCUT2D eigenvalue weighted by molar-refractivity contribution is 6.03. The van der Waals surface area contributed by atoms with Gasteiger partial charge in [-0.2, -0.15) is 13.2 Å². The number of carbonyl (C=O) groups excluding carboxylic acids is 1. The van der Waals surface area contributed by atoms with Gasteiger partial charge in [0.2, 0.25) is 5.91 Å². The lowest BCUT2D eigenvalue weighted by Gasteiger charge is -2.26. The van der Waals surface area contributed by atoms with Gasteiger partial charge in [-0.25, -0.2) is 0 Å². The molecule has 1 aliphatic rings. The van der Waals surface area contributed by atoms with Crippen LogP contribution >= 0.6 is 0 Å². The number of likely N-dealkylation sites (tertiary alicyclic amines) is 1. The Morgan fingerprint density at radius 1 is 1.10 bits per heavy atom. The predicted molar refractivity (Wildman–Crippen MR) is 148 cm³/mol. The van der Waals surface area contributed by atoms with Crippen molar-refractivity contribution in [3.8, 4) is 16.9 Å². The summed E-state index contributed by atoms with van der Waals surface area (Å²) in [7, 11) is 0. The van der Waals surface area contributed by atoms with Crippen molar-refractivity contribution in [3.63, 3.8) is 0 Å². The average Bonchev–Trinajstić information content (AvgIpc) is 3.17. The highest BCUT2D eigenvalue weighted by atomic mass is 19.4. The van der Waals surface area contributed by atoms with Gasteiger partial charge in [0.15, 0.2) is 0 Å². The third-order valence-electron chi connectivity index (χ3n) is 7.24. The maximum atomic E-state index is 14.0. The molecule has 4 rings (SSSR count). The molecule has 0 radical (unpaired) electrons. The molecule has 1 aliphatic heterocycles. The van der Waals surface area contributed by atoms with Crippen LogP contribution in [-0.4, -0.2) is 52.4 Å². The SMILES string of the molecule is C[C@]1(C(=O)O)C[C@@H](COc2ccc(-c3ccc(C(=N)N)cc3)cc2C(F)(F)F)N(CCCc2ccccc2)C1=O.O. The Bertz CT molecular complexity index is 1400. The molecule has 3 aromatic rings. The quantitative estimate of drug-likeness (QED) is 0.186. The molecule has 0 spiro atoms. The lowest BCUT2D eigenvalue weighted by atomic mass is 9.87. The van der Waals surface area contributed by atoms with Gasteiger partial charge in [0.05, 0.1) is 11.6 Å². The molecule has 0 aliphatic carbocycles. The summed E-state index contributed by atoms with van der Waals surface area (Å²) in [5.41, 5.74) is 5.11. The number of nitrogens with zero attached hydrogens (tertiary/aromatic N) is 1. The third-order valence-corrected chi connectivity index (χ3v) is 7.24. The molecule has 1 fully saturated rings. The molecule has 0 bridgehead atoms. The fourth-order valence-corrected chi connectivity index (χ4v) is 4.95. The number of carbonyl (C=O) groups is 2. The Labute approximate surface area is 235 Å². The van der Waals surface area contributed by atoms with Crippen molar-refractivity contribution in [2.24, 2.45) is 11.1 Å². The van der Waals surface area contributed by atoms with Crippen LogP contribution in [0.2, 0.25) is 0 Å². The van der Waals surface area contributed by atoms with Crippen LogP contribution in [0.15, 0.2) is 72.8 Å². The van der Waals surface area contributed by atoms with Crippen molar-refractivity contribution >= 4 is 17.7 Å². The molecule has 0 saturated carbocycles. The van der Waals surface area contributed by atoms with Crippen LogP contribution in [0.1, 0.15) is 36.5 Å². The Balaban J connectivity index is 0.00000462. The number of carboxylic acid groups (broad SMARTS) is 1. The molecule has 1 heterocycles. The molecular formula is C30H32F3N3O5. The maximum absolute atomic E-state index is 14.0. The number of aliphatic carboxylic acids is 1. The highest BCUT2D eigenvalue weighted by Gasteiger charge is 2.53. The molecule has 6 N–H and O–H groups in total. The molecule has 8 nitrogen and oxygen atoms in total. The minimum atomic E-state index is -4.72. The number of nitrogen functional groups attached to an aromatic ring is 1. The number of benzene rings is 3. The van der Waals surface area contributed by atoms with Crippen molar-refractivity contribution in [3.05, 3.63) is 89.5 Å². The fraction of sp³-hybridized carbons (Fsp3) is 0.300. The van der Waals surface area contributed by atoms with Crippen molar-refractivity contribution in [2.45, 2.75) is 38.4 Å². The van der Waals surface area contributed by atoms with Gasteiger partial charge in [-0.05, 0) is 55.0 Å². The van der Waals surface area contributed by atoms with Gasteiger partial charge in [-0.1, -0.05) is 60.7 Å². The molecule has 11 heteroatoms. The average molecular weight is 572 g/mol. The van der Waals surface area contributed by atoms with Crippen LogP contribution in [0.5, 0.6) is 5.75 Å². The van der Waals surface area contributed by atoms with E-state index < -0.39 is 40.8 Å². The number of carboxylic acids is 1. The smallest absolute Gasteiger partial charge is 0.419 e. The second-order valence-electron chi connectivity index (χ2n) is 10.1.